The lowest BCUT2D eigenvalue weighted by molar-refractivity contribution is -0.138. The van der Waals surface area contributed by atoms with Crippen molar-refractivity contribution in [3.63, 3.8) is 0 Å². The van der Waals surface area contributed by atoms with Crippen LogP contribution in [0.15, 0.2) is 30.3 Å². The molecule has 1 aromatic heterocycles. The molecular weight excluding hydrogens is 388 g/mol. The number of hydrogen-bond acceptors (Lipinski definition) is 4. The molecule has 0 saturated carbocycles. The van der Waals surface area contributed by atoms with Crippen molar-refractivity contribution in [2.45, 2.75) is 65.3 Å². The van der Waals surface area contributed by atoms with E-state index in [2.05, 4.69) is 12.1 Å². The van der Waals surface area contributed by atoms with E-state index in [1.54, 1.807) is 0 Å². The summed E-state index contributed by atoms with van der Waals surface area (Å²) in [4.78, 5) is 39.0. The van der Waals surface area contributed by atoms with Crippen LogP contribution in [0.4, 0.5) is 5.82 Å². The number of nitrogens with zero attached hydrogens (tertiary/aromatic N) is 4. The molecule has 6 heteroatoms. The molecule has 0 bridgehead atoms. The third kappa shape index (κ3) is 4.48. The zero-order valence-corrected chi connectivity index (χ0v) is 18.8. The molecule has 31 heavy (non-hydrogen) atoms. The van der Waals surface area contributed by atoms with Crippen LogP contribution in [0.1, 0.15) is 68.2 Å². The van der Waals surface area contributed by atoms with Gasteiger partial charge in [-0.3, -0.25) is 14.5 Å². The van der Waals surface area contributed by atoms with Crippen LogP contribution in [0.5, 0.6) is 0 Å². The molecule has 2 aliphatic rings. The average Bonchev–Trinajstić information content (AvgIpc) is 3.10. The highest BCUT2D eigenvalue weighted by Crippen LogP contribution is 2.35. The molecule has 1 aromatic carbocycles. The third-order valence-corrected chi connectivity index (χ3v) is 6.36. The van der Waals surface area contributed by atoms with Gasteiger partial charge in [-0.15, -0.1) is 0 Å². The van der Waals surface area contributed by atoms with Crippen LogP contribution in [0.25, 0.3) is 0 Å². The van der Waals surface area contributed by atoms with E-state index in [4.69, 9.17) is 9.97 Å². The van der Waals surface area contributed by atoms with E-state index in [9.17, 15) is 9.59 Å². The average molecular weight is 421 g/mol. The third-order valence-electron chi connectivity index (χ3n) is 6.36. The molecule has 0 aliphatic carbocycles. The Morgan fingerprint density at radius 1 is 1.16 bits per heavy atom. The fraction of sp³-hybridized carbons (Fsp3) is 0.520. The number of anilines is 1. The number of hydrogen-bond donors (Lipinski definition) is 0. The van der Waals surface area contributed by atoms with Crippen molar-refractivity contribution in [2.24, 2.45) is 5.92 Å². The van der Waals surface area contributed by atoms with Gasteiger partial charge in [0, 0.05) is 30.3 Å². The molecule has 2 aliphatic heterocycles. The smallest absolute Gasteiger partial charge is 0.232 e. The summed E-state index contributed by atoms with van der Waals surface area (Å²) < 4.78 is 0. The van der Waals surface area contributed by atoms with Gasteiger partial charge >= 0.3 is 0 Å². The van der Waals surface area contributed by atoms with Crippen molar-refractivity contribution < 1.29 is 9.59 Å². The van der Waals surface area contributed by atoms with E-state index in [0.717, 1.165) is 55.7 Å². The van der Waals surface area contributed by atoms with Gasteiger partial charge in [-0.05, 0) is 44.6 Å². The first-order chi connectivity index (χ1) is 15.0. The molecule has 6 nitrogen and oxygen atoms in total. The quantitative estimate of drug-likeness (QED) is 0.708. The first-order valence-corrected chi connectivity index (χ1v) is 11.5. The molecule has 1 saturated heterocycles. The number of carbonyl (C=O) groups is 2. The molecule has 0 unspecified atom stereocenters. The van der Waals surface area contributed by atoms with Crippen LogP contribution in [-0.4, -0.2) is 39.8 Å². The Bertz CT molecular complexity index is 957. The summed E-state index contributed by atoms with van der Waals surface area (Å²) in [6.07, 6.45) is 5.13. The lowest BCUT2D eigenvalue weighted by Gasteiger charge is -2.36. The summed E-state index contributed by atoms with van der Waals surface area (Å²) in [5.41, 5.74) is 3.08. The van der Waals surface area contributed by atoms with Crippen LogP contribution in [0.2, 0.25) is 0 Å². The van der Waals surface area contributed by atoms with E-state index in [1.165, 1.54) is 5.56 Å². The standard InChI is InChI=1S/C25H32N4O2/c1-17(2)25(31)28-14-8-7-13-21(28)23-26-18(3)20-16-22(30)29(24(20)27-23)15-9-12-19-10-5-4-6-11-19/h4-6,10-11,17,21H,7-9,12-16H2,1-3H3/t21-/m1/s1. The molecular formula is C25H32N4O2. The lowest BCUT2D eigenvalue weighted by atomic mass is 9.99. The highest BCUT2D eigenvalue weighted by Gasteiger charge is 2.35. The Morgan fingerprint density at radius 3 is 2.68 bits per heavy atom. The molecule has 0 radical (unpaired) electrons. The van der Waals surface area contributed by atoms with Crippen LogP contribution >= 0.6 is 0 Å². The number of rotatable bonds is 6. The summed E-state index contributed by atoms with van der Waals surface area (Å²) in [5, 5.41) is 0. The van der Waals surface area contributed by atoms with Gasteiger partial charge in [-0.25, -0.2) is 9.97 Å². The lowest BCUT2D eigenvalue weighted by Crippen LogP contribution is -2.41. The summed E-state index contributed by atoms with van der Waals surface area (Å²) in [5.74, 6) is 1.64. The maximum atomic E-state index is 12.8. The predicted octanol–water partition coefficient (Wildman–Crippen LogP) is 4.02. The number of aryl methyl sites for hydroxylation is 2. The second-order valence-electron chi connectivity index (χ2n) is 8.98. The van der Waals surface area contributed by atoms with Crippen molar-refractivity contribution in [3.05, 3.63) is 53.0 Å². The summed E-state index contributed by atoms with van der Waals surface area (Å²) in [6, 6.07) is 10.2. The minimum atomic E-state index is -0.102. The number of fused-ring (bicyclic) bond motifs is 1. The van der Waals surface area contributed by atoms with Crippen molar-refractivity contribution in [1.29, 1.82) is 0 Å². The predicted molar refractivity (Wildman–Crippen MR) is 121 cm³/mol. The second kappa shape index (κ2) is 9.16. The highest BCUT2D eigenvalue weighted by atomic mass is 16.2. The van der Waals surface area contributed by atoms with E-state index < -0.39 is 0 Å². The van der Waals surface area contributed by atoms with E-state index in [-0.39, 0.29) is 23.8 Å². The van der Waals surface area contributed by atoms with Crippen molar-refractivity contribution >= 4 is 17.6 Å². The first-order valence-electron chi connectivity index (χ1n) is 11.5. The van der Waals surface area contributed by atoms with Gasteiger partial charge in [-0.1, -0.05) is 44.2 Å². The largest absolute Gasteiger partial charge is 0.332 e. The second-order valence-corrected chi connectivity index (χ2v) is 8.98. The van der Waals surface area contributed by atoms with Crippen molar-refractivity contribution in [2.75, 3.05) is 18.0 Å². The number of aromatic nitrogens is 2. The Balaban J connectivity index is 1.56. The fourth-order valence-electron chi connectivity index (χ4n) is 4.66. The summed E-state index contributed by atoms with van der Waals surface area (Å²) in [7, 11) is 0. The summed E-state index contributed by atoms with van der Waals surface area (Å²) >= 11 is 0. The van der Waals surface area contributed by atoms with Gasteiger partial charge in [0.05, 0.1) is 12.5 Å². The normalized spacial score (nSPS) is 18.6. The minimum Gasteiger partial charge on any atom is -0.332 e. The van der Waals surface area contributed by atoms with Crippen LogP contribution in [0.3, 0.4) is 0 Å². The van der Waals surface area contributed by atoms with E-state index >= 15 is 0 Å². The topological polar surface area (TPSA) is 66.4 Å². The van der Waals surface area contributed by atoms with Crippen LogP contribution < -0.4 is 4.90 Å². The molecule has 2 aromatic rings. The SMILES string of the molecule is Cc1nc([C@H]2CCCCN2C(=O)C(C)C)nc2c1CC(=O)N2CCCc1ccccc1. The van der Waals surface area contributed by atoms with Crippen molar-refractivity contribution in [1.82, 2.24) is 14.9 Å². The molecule has 1 fully saturated rings. The minimum absolute atomic E-state index is 0.0489. The molecule has 2 amide bonds. The highest BCUT2D eigenvalue weighted by molar-refractivity contribution is 6.00. The zero-order chi connectivity index (χ0) is 22.0. The number of likely N-dealkylation sites (tertiary alicyclic amines) is 1. The van der Waals surface area contributed by atoms with Gasteiger partial charge in [-0.2, -0.15) is 0 Å². The maximum Gasteiger partial charge on any atom is 0.232 e. The number of carbonyl (C=O) groups excluding carboxylic acids is 2. The first kappa shape index (κ1) is 21.5. The van der Waals surface area contributed by atoms with Gasteiger partial charge in [0.15, 0.2) is 5.82 Å². The van der Waals surface area contributed by atoms with Crippen LogP contribution in [0, 0.1) is 12.8 Å². The van der Waals surface area contributed by atoms with Gasteiger partial charge in [0.25, 0.3) is 0 Å². The van der Waals surface area contributed by atoms with E-state index in [0.29, 0.717) is 18.8 Å². The Morgan fingerprint density at radius 2 is 1.94 bits per heavy atom. The number of amides is 2. The molecule has 164 valence electrons. The molecule has 0 spiro atoms. The monoisotopic (exact) mass is 420 g/mol. The van der Waals surface area contributed by atoms with Gasteiger partial charge in [0.1, 0.15) is 5.82 Å². The zero-order valence-electron chi connectivity index (χ0n) is 18.8. The van der Waals surface area contributed by atoms with E-state index in [1.807, 2.05) is 48.8 Å². The molecule has 1 atom stereocenters. The number of piperidine rings is 1. The molecule has 0 N–H and O–H groups in total. The fourth-order valence-corrected chi connectivity index (χ4v) is 4.66. The van der Waals surface area contributed by atoms with Gasteiger partial charge < -0.3 is 4.90 Å². The Labute approximate surface area is 184 Å². The molecule has 3 heterocycles. The van der Waals surface area contributed by atoms with Gasteiger partial charge in [0.2, 0.25) is 11.8 Å². The Hall–Kier alpha value is -2.76. The molecule has 4 rings (SSSR count). The number of benzene rings is 1. The maximum absolute atomic E-state index is 12.8. The Kier molecular flexibility index (Phi) is 6.35. The summed E-state index contributed by atoms with van der Waals surface area (Å²) in [6.45, 7) is 7.24. The van der Waals surface area contributed by atoms with Crippen molar-refractivity contribution in [3.8, 4) is 0 Å². The van der Waals surface area contributed by atoms with Crippen LogP contribution in [-0.2, 0) is 22.4 Å².